The van der Waals surface area contributed by atoms with Crippen LogP contribution in [0.15, 0.2) is 6.07 Å². The summed E-state index contributed by atoms with van der Waals surface area (Å²) in [5.74, 6) is 0.799. The van der Waals surface area contributed by atoms with Crippen molar-refractivity contribution < 1.29 is 4.79 Å². The highest BCUT2D eigenvalue weighted by molar-refractivity contribution is 5.77. The number of carbonyl (C=O) groups excluding carboxylic acids is 1. The minimum atomic E-state index is 0.257. The van der Waals surface area contributed by atoms with Crippen LogP contribution in [0, 0.1) is 6.92 Å². The molecule has 0 bridgehead atoms. The van der Waals surface area contributed by atoms with Gasteiger partial charge in [0.2, 0.25) is 5.91 Å². The fraction of sp³-hybridized carbons (Fsp3) is 0.600. The molecule has 0 saturated carbocycles. The summed E-state index contributed by atoms with van der Waals surface area (Å²) in [5, 5.41) is 4.15. The molecule has 1 aromatic rings. The van der Waals surface area contributed by atoms with Crippen molar-refractivity contribution in [2.75, 3.05) is 18.8 Å². The van der Waals surface area contributed by atoms with E-state index in [0.29, 0.717) is 12.2 Å². The van der Waals surface area contributed by atoms with Crippen LogP contribution in [0.4, 0.5) is 5.82 Å². The van der Waals surface area contributed by atoms with Gasteiger partial charge >= 0.3 is 0 Å². The maximum Gasteiger partial charge on any atom is 0.222 e. The molecule has 15 heavy (non-hydrogen) atoms. The zero-order valence-electron chi connectivity index (χ0n) is 8.94. The zero-order chi connectivity index (χ0) is 10.8. The molecule has 1 aromatic heterocycles. The summed E-state index contributed by atoms with van der Waals surface area (Å²) in [7, 11) is 0. The Bertz CT molecular complexity index is 371. The van der Waals surface area contributed by atoms with Crippen LogP contribution in [0.5, 0.6) is 0 Å². The standard InChI is InChI=1S/C10H16N4O/c1-8-7-9(11)12-14(8)6-5-13-4-2-3-10(13)15/h7H,2-6H2,1H3,(H2,11,12). The SMILES string of the molecule is Cc1cc(N)nn1CCN1CCCC1=O. The Morgan fingerprint density at radius 1 is 1.53 bits per heavy atom. The quantitative estimate of drug-likeness (QED) is 0.781. The largest absolute Gasteiger partial charge is 0.382 e. The van der Waals surface area contributed by atoms with Crippen molar-refractivity contribution in [3.8, 4) is 0 Å². The fourth-order valence-electron chi connectivity index (χ4n) is 1.92. The van der Waals surface area contributed by atoms with E-state index in [2.05, 4.69) is 5.10 Å². The van der Waals surface area contributed by atoms with Crippen LogP contribution in [0.25, 0.3) is 0 Å². The maximum atomic E-state index is 11.4. The lowest BCUT2D eigenvalue weighted by Crippen LogP contribution is -2.28. The van der Waals surface area contributed by atoms with Crippen molar-refractivity contribution in [1.82, 2.24) is 14.7 Å². The van der Waals surface area contributed by atoms with E-state index in [1.807, 2.05) is 22.6 Å². The highest BCUT2D eigenvalue weighted by atomic mass is 16.2. The van der Waals surface area contributed by atoms with Crippen molar-refractivity contribution in [3.05, 3.63) is 11.8 Å². The van der Waals surface area contributed by atoms with E-state index in [4.69, 9.17) is 5.73 Å². The van der Waals surface area contributed by atoms with Crippen LogP contribution in [-0.4, -0.2) is 33.7 Å². The van der Waals surface area contributed by atoms with Crippen LogP contribution in [0.2, 0.25) is 0 Å². The lowest BCUT2D eigenvalue weighted by Gasteiger charge is -2.15. The molecule has 0 aliphatic carbocycles. The molecule has 2 rings (SSSR count). The Morgan fingerprint density at radius 2 is 2.33 bits per heavy atom. The van der Waals surface area contributed by atoms with Gasteiger partial charge in [0.1, 0.15) is 5.82 Å². The summed E-state index contributed by atoms with van der Waals surface area (Å²) in [6.45, 7) is 4.32. The van der Waals surface area contributed by atoms with Crippen LogP contribution < -0.4 is 5.73 Å². The van der Waals surface area contributed by atoms with E-state index < -0.39 is 0 Å². The molecule has 5 nitrogen and oxygen atoms in total. The average molecular weight is 208 g/mol. The van der Waals surface area contributed by atoms with Gasteiger partial charge in [0.05, 0.1) is 6.54 Å². The highest BCUT2D eigenvalue weighted by Crippen LogP contribution is 2.10. The van der Waals surface area contributed by atoms with Crippen LogP contribution in [0.1, 0.15) is 18.5 Å². The van der Waals surface area contributed by atoms with Crippen molar-refractivity contribution in [1.29, 1.82) is 0 Å². The van der Waals surface area contributed by atoms with Gasteiger partial charge in [0.25, 0.3) is 0 Å². The predicted molar refractivity (Wildman–Crippen MR) is 57.2 cm³/mol. The van der Waals surface area contributed by atoms with Crippen LogP contribution >= 0.6 is 0 Å². The van der Waals surface area contributed by atoms with Crippen molar-refractivity contribution in [2.45, 2.75) is 26.3 Å². The first-order chi connectivity index (χ1) is 7.16. The molecule has 0 aromatic carbocycles. The Hall–Kier alpha value is -1.52. The molecule has 0 atom stereocenters. The fourth-order valence-corrected chi connectivity index (χ4v) is 1.92. The summed E-state index contributed by atoms with van der Waals surface area (Å²) in [6.07, 6.45) is 1.68. The zero-order valence-corrected chi connectivity index (χ0v) is 8.94. The van der Waals surface area contributed by atoms with Crippen LogP contribution in [-0.2, 0) is 11.3 Å². The van der Waals surface area contributed by atoms with E-state index >= 15 is 0 Å². The first-order valence-electron chi connectivity index (χ1n) is 5.24. The molecular weight excluding hydrogens is 192 g/mol. The molecule has 2 N–H and O–H groups in total. The van der Waals surface area contributed by atoms with E-state index in [9.17, 15) is 4.79 Å². The van der Waals surface area contributed by atoms with Crippen molar-refractivity contribution >= 4 is 11.7 Å². The number of anilines is 1. The average Bonchev–Trinajstić information content (AvgIpc) is 2.70. The Balaban J connectivity index is 1.92. The van der Waals surface area contributed by atoms with E-state index in [1.165, 1.54) is 0 Å². The lowest BCUT2D eigenvalue weighted by atomic mass is 10.4. The van der Waals surface area contributed by atoms with Gasteiger partial charge in [-0.05, 0) is 13.3 Å². The molecule has 5 heteroatoms. The smallest absolute Gasteiger partial charge is 0.222 e. The van der Waals surface area contributed by atoms with Gasteiger partial charge in [-0.15, -0.1) is 0 Å². The molecule has 1 saturated heterocycles. The minimum Gasteiger partial charge on any atom is -0.382 e. The summed E-state index contributed by atoms with van der Waals surface area (Å²) in [5.41, 5.74) is 6.62. The third-order valence-electron chi connectivity index (χ3n) is 2.75. The molecule has 2 heterocycles. The topological polar surface area (TPSA) is 64.2 Å². The first kappa shape index (κ1) is 10.0. The molecule has 82 valence electrons. The number of hydrogen-bond acceptors (Lipinski definition) is 3. The highest BCUT2D eigenvalue weighted by Gasteiger charge is 2.19. The third-order valence-corrected chi connectivity index (χ3v) is 2.75. The number of aryl methyl sites for hydroxylation is 1. The van der Waals surface area contributed by atoms with Gasteiger partial charge in [0.15, 0.2) is 0 Å². The number of nitrogen functional groups attached to an aromatic ring is 1. The number of amides is 1. The predicted octanol–water partition coefficient (Wildman–Crippen LogP) is 0.396. The lowest BCUT2D eigenvalue weighted by molar-refractivity contribution is -0.127. The van der Waals surface area contributed by atoms with Crippen LogP contribution in [0.3, 0.4) is 0 Å². The normalized spacial score (nSPS) is 16.3. The van der Waals surface area contributed by atoms with Gasteiger partial charge in [-0.3, -0.25) is 9.48 Å². The second kappa shape index (κ2) is 3.92. The Labute approximate surface area is 88.8 Å². The number of nitrogens with zero attached hydrogens (tertiary/aromatic N) is 3. The molecule has 0 unspecified atom stereocenters. The van der Waals surface area contributed by atoms with E-state index in [0.717, 1.165) is 31.7 Å². The number of aromatic nitrogens is 2. The summed E-state index contributed by atoms with van der Waals surface area (Å²) in [4.78, 5) is 13.2. The van der Waals surface area contributed by atoms with Gasteiger partial charge < -0.3 is 10.6 Å². The number of carbonyl (C=O) groups is 1. The monoisotopic (exact) mass is 208 g/mol. The molecule has 1 aliphatic rings. The summed E-state index contributed by atoms with van der Waals surface area (Å²) >= 11 is 0. The summed E-state index contributed by atoms with van der Waals surface area (Å²) in [6, 6.07) is 1.84. The molecule has 1 aliphatic heterocycles. The van der Waals surface area contributed by atoms with E-state index in [-0.39, 0.29) is 5.91 Å². The summed E-state index contributed by atoms with van der Waals surface area (Å²) < 4.78 is 1.85. The number of rotatable bonds is 3. The number of nitrogens with two attached hydrogens (primary N) is 1. The Kier molecular flexibility index (Phi) is 2.62. The molecule has 1 fully saturated rings. The third kappa shape index (κ3) is 2.11. The molecular formula is C10H16N4O. The molecule has 0 radical (unpaired) electrons. The van der Waals surface area contributed by atoms with Crippen molar-refractivity contribution in [3.63, 3.8) is 0 Å². The Morgan fingerprint density at radius 3 is 2.87 bits per heavy atom. The number of hydrogen-bond donors (Lipinski definition) is 1. The molecule has 0 spiro atoms. The molecule has 1 amide bonds. The van der Waals surface area contributed by atoms with Crippen molar-refractivity contribution in [2.24, 2.45) is 0 Å². The van der Waals surface area contributed by atoms with Gasteiger partial charge in [-0.1, -0.05) is 0 Å². The van der Waals surface area contributed by atoms with Gasteiger partial charge in [0, 0.05) is 31.3 Å². The second-order valence-electron chi connectivity index (χ2n) is 3.92. The number of likely N-dealkylation sites (tertiary alicyclic amines) is 1. The maximum absolute atomic E-state index is 11.4. The second-order valence-corrected chi connectivity index (χ2v) is 3.92. The first-order valence-corrected chi connectivity index (χ1v) is 5.24. The van der Waals surface area contributed by atoms with E-state index in [1.54, 1.807) is 0 Å². The van der Waals surface area contributed by atoms with Gasteiger partial charge in [-0.2, -0.15) is 5.10 Å². The minimum absolute atomic E-state index is 0.257. The van der Waals surface area contributed by atoms with Gasteiger partial charge in [-0.25, -0.2) is 0 Å².